The van der Waals surface area contributed by atoms with E-state index in [2.05, 4.69) is 17.1 Å². The Hall–Kier alpha value is -1.39. The SMILES string of the molecule is CCN(CCCC(=O)Nc1cccc(C)c1)CC(C)(C)O. The van der Waals surface area contributed by atoms with Crippen molar-refractivity contribution in [1.29, 1.82) is 0 Å². The van der Waals surface area contributed by atoms with Crippen molar-refractivity contribution in [3.05, 3.63) is 29.8 Å². The van der Waals surface area contributed by atoms with Gasteiger partial charge in [0.1, 0.15) is 0 Å². The summed E-state index contributed by atoms with van der Waals surface area (Å²) in [5, 5.41) is 12.7. The summed E-state index contributed by atoms with van der Waals surface area (Å²) in [7, 11) is 0. The third-order valence-corrected chi connectivity index (χ3v) is 3.24. The lowest BCUT2D eigenvalue weighted by atomic mass is 10.1. The first-order valence-corrected chi connectivity index (χ1v) is 7.61. The molecule has 0 saturated heterocycles. The van der Waals surface area contributed by atoms with E-state index < -0.39 is 5.60 Å². The average molecular weight is 292 g/mol. The molecule has 0 aliphatic carbocycles. The van der Waals surface area contributed by atoms with E-state index >= 15 is 0 Å². The molecule has 0 aromatic heterocycles. The molecule has 0 aliphatic rings. The molecule has 1 amide bonds. The van der Waals surface area contributed by atoms with E-state index in [1.165, 1.54) is 0 Å². The van der Waals surface area contributed by atoms with Crippen LogP contribution in [0.1, 0.15) is 39.2 Å². The van der Waals surface area contributed by atoms with Crippen molar-refractivity contribution in [2.24, 2.45) is 0 Å². The van der Waals surface area contributed by atoms with E-state index in [9.17, 15) is 9.90 Å². The summed E-state index contributed by atoms with van der Waals surface area (Å²) in [6.45, 7) is 10.0. The maximum absolute atomic E-state index is 11.9. The predicted molar refractivity (Wildman–Crippen MR) is 87.5 cm³/mol. The maximum Gasteiger partial charge on any atom is 0.224 e. The number of carbonyl (C=O) groups excluding carboxylic acids is 1. The highest BCUT2D eigenvalue weighted by Gasteiger charge is 2.17. The van der Waals surface area contributed by atoms with E-state index in [0.717, 1.165) is 30.8 Å². The van der Waals surface area contributed by atoms with Gasteiger partial charge in [0, 0.05) is 18.7 Å². The molecule has 0 fully saturated rings. The highest BCUT2D eigenvalue weighted by Crippen LogP contribution is 2.11. The highest BCUT2D eigenvalue weighted by atomic mass is 16.3. The third-order valence-electron chi connectivity index (χ3n) is 3.24. The molecule has 0 spiro atoms. The molecule has 1 rings (SSSR count). The minimum absolute atomic E-state index is 0.0416. The maximum atomic E-state index is 11.9. The van der Waals surface area contributed by atoms with Gasteiger partial charge in [0.2, 0.25) is 5.91 Å². The first kappa shape index (κ1) is 17.7. The van der Waals surface area contributed by atoms with Crippen LogP contribution in [0.25, 0.3) is 0 Å². The number of aryl methyl sites for hydroxylation is 1. The normalized spacial score (nSPS) is 11.7. The fourth-order valence-electron chi connectivity index (χ4n) is 2.31. The Balaban J connectivity index is 2.32. The number of nitrogens with one attached hydrogen (secondary N) is 1. The van der Waals surface area contributed by atoms with Gasteiger partial charge in [-0.25, -0.2) is 0 Å². The zero-order valence-electron chi connectivity index (χ0n) is 13.6. The molecule has 0 bridgehead atoms. The molecule has 4 nitrogen and oxygen atoms in total. The van der Waals surface area contributed by atoms with Crippen LogP contribution in [-0.4, -0.2) is 41.1 Å². The lowest BCUT2D eigenvalue weighted by molar-refractivity contribution is -0.116. The predicted octanol–water partition coefficient (Wildman–Crippen LogP) is 2.81. The molecular formula is C17H28N2O2. The van der Waals surface area contributed by atoms with E-state index in [0.29, 0.717) is 13.0 Å². The summed E-state index contributed by atoms with van der Waals surface area (Å²) in [5.74, 6) is 0.0416. The number of carbonyl (C=O) groups is 1. The number of nitrogens with zero attached hydrogens (tertiary/aromatic N) is 1. The number of aliphatic hydroxyl groups is 1. The Kier molecular flexibility index (Phi) is 6.85. The summed E-state index contributed by atoms with van der Waals surface area (Å²) in [4.78, 5) is 14.1. The van der Waals surface area contributed by atoms with Gasteiger partial charge in [0.25, 0.3) is 0 Å². The van der Waals surface area contributed by atoms with Gasteiger partial charge >= 0.3 is 0 Å². The van der Waals surface area contributed by atoms with Crippen molar-refractivity contribution in [2.75, 3.05) is 25.0 Å². The van der Waals surface area contributed by atoms with Crippen LogP contribution in [0.4, 0.5) is 5.69 Å². The number of rotatable bonds is 8. The van der Waals surface area contributed by atoms with Crippen LogP contribution in [0, 0.1) is 6.92 Å². The summed E-state index contributed by atoms with van der Waals surface area (Å²) < 4.78 is 0. The third kappa shape index (κ3) is 7.83. The number of benzene rings is 1. The molecular weight excluding hydrogens is 264 g/mol. The van der Waals surface area contributed by atoms with Crippen LogP contribution >= 0.6 is 0 Å². The van der Waals surface area contributed by atoms with Gasteiger partial charge < -0.3 is 15.3 Å². The lowest BCUT2D eigenvalue weighted by Crippen LogP contribution is -2.39. The van der Waals surface area contributed by atoms with Gasteiger partial charge in [-0.15, -0.1) is 0 Å². The zero-order valence-corrected chi connectivity index (χ0v) is 13.6. The fraction of sp³-hybridized carbons (Fsp3) is 0.588. The monoisotopic (exact) mass is 292 g/mol. The van der Waals surface area contributed by atoms with E-state index in [1.54, 1.807) is 13.8 Å². The number of hydrogen-bond donors (Lipinski definition) is 2. The molecule has 4 heteroatoms. The Morgan fingerprint density at radius 2 is 2.10 bits per heavy atom. The van der Waals surface area contributed by atoms with Crippen molar-refractivity contribution >= 4 is 11.6 Å². The number of likely N-dealkylation sites (N-methyl/N-ethyl adjacent to an activating group) is 1. The van der Waals surface area contributed by atoms with Crippen LogP contribution in [0.5, 0.6) is 0 Å². The second-order valence-electron chi connectivity index (χ2n) is 6.20. The zero-order chi connectivity index (χ0) is 15.9. The summed E-state index contributed by atoms with van der Waals surface area (Å²) >= 11 is 0. The van der Waals surface area contributed by atoms with Gasteiger partial charge in [0.15, 0.2) is 0 Å². The Labute approximate surface area is 128 Å². The summed E-state index contributed by atoms with van der Waals surface area (Å²) in [6, 6.07) is 7.81. The van der Waals surface area contributed by atoms with Crippen molar-refractivity contribution in [3.63, 3.8) is 0 Å². The second-order valence-corrected chi connectivity index (χ2v) is 6.20. The Morgan fingerprint density at radius 1 is 1.38 bits per heavy atom. The number of anilines is 1. The molecule has 21 heavy (non-hydrogen) atoms. The lowest BCUT2D eigenvalue weighted by Gasteiger charge is -2.27. The van der Waals surface area contributed by atoms with Crippen molar-refractivity contribution < 1.29 is 9.90 Å². The highest BCUT2D eigenvalue weighted by molar-refractivity contribution is 5.90. The van der Waals surface area contributed by atoms with Gasteiger partial charge in [0.05, 0.1) is 5.60 Å². The summed E-state index contributed by atoms with van der Waals surface area (Å²) in [5.41, 5.74) is 1.29. The number of amides is 1. The average Bonchev–Trinajstić information content (AvgIpc) is 2.36. The molecule has 0 unspecified atom stereocenters. The first-order valence-electron chi connectivity index (χ1n) is 7.61. The molecule has 0 heterocycles. The van der Waals surface area contributed by atoms with Gasteiger partial charge in [-0.1, -0.05) is 19.1 Å². The molecule has 2 N–H and O–H groups in total. The summed E-state index contributed by atoms with van der Waals surface area (Å²) in [6.07, 6.45) is 1.29. The van der Waals surface area contributed by atoms with Crippen LogP contribution in [0.2, 0.25) is 0 Å². The van der Waals surface area contributed by atoms with Crippen LogP contribution in [0.15, 0.2) is 24.3 Å². The van der Waals surface area contributed by atoms with Gasteiger partial charge in [-0.2, -0.15) is 0 Å². The molecule has 0 saturated carbocycles. The Morgan fingerprint density at radius 3 is 2.67 bits per heavy atom. The van der Waals surface area contributed by atoms with Crippen LogP contribution < -0.4 is 5.32 Å². The molecule has 0 aliphatic heterocycles. The molecule has 1 aromatic rings. The van der Waals surface area contributed by atoms with E-state index in [-0.39, 0.29) is 5.91 Å². The van der Waals surface area contributed by atoms with Crippen molar-refractivity contribution in [1.82, 2.24) is 4.90 Å². The smallest absolute Gasteiger partial charge is 0.224 e. The first-order chi connectivity index (χ1) is 9.80. The minimum Gasteiger partial charge on any atom is -0.389 e. The molecule has 1 aromatic carbocycles. The topological polar surface area (TPSA) is 52.6 Å². The van der Waals surface area contributed by atoms with E-state index in [1.807, 2.05) is 31.2 Å². The Bertz CT molecular complexity index is 452. The van der Waals surface area contributed by atoms with Gasteiger partial charge in [-0.05, 0) is 58.0 Å². The molecule has 118 valence electrons. The van der Waals surface area contributed by atoms with Crippen molar-refractivity contribution in [2.45, 2.75) is 46.1 Å². The number of hydrogen-bond acceptors (Lipinski definition) is 3. The van der Waals surface area contributed by atoms with E-state index in [4.69, 9.17) is 0 Å². The van der Waals surface area contributed by atoms with Crippen molar-refractivity contribution in [3.8, 4) is 0 Å². The molecule has 0 radical (unpaired) electrons. The molecule has 0 atom stereocenters. The quantitative estimate of drug-likeness (QED) is 0.774. The minimum atomic E-state index is -0.695. The van der Waals surface area contributed by atoms with Crippen LogP contribution in [0.3, 0.4) is 0 Å². The van der Waals surface area contributed by atoms with Crippen LogP contribution in [-0.2, 0) is 4.79 Å². The largest absolute Gasteiger partial charge is 0.389 e. The second kappa shape index (κ2) is 8.15. The van der Waals surface area contributed by atoms with Gasteiger partial charge in [-0.3, -0.25) is 4.79 Å². The standard InChI is InChI=1S/C17H28N2O2/c1-5-19(13-17(3,4)21)11-7-10-16(20)18-15-9-6-8-14(2)12-15/h6,8-9,12,21H,5,7,10-11,13H2,1-4H3,(H,18,20). The fourth-order valence-corrected chi connectivity index (χ4v) is 2.31.